The van der Waals surface area contributed by atoms with Gasteiger partial charge >= 0.3 is 12.4 Å². The summed E-state index contributed by atoms with van der Waals surface area (Å²) < 4.78 is 83.6. The first-order chi connectivity index (χ1) is 14.3. The number of halogens is 6. The van der Waals surface area contributed by atoms with Gasteiger partial charge in [0.15, 0.2) is 0 Å². The Morgan fingerprint density at radius 1 is 1.06 bits per heavy atom. The molecular weight excluding hydrogens is 464 g/mol. The number of thioether (sulfide) groups is 1. The fraction of sp³-hybridized carbons (Fsp3) is 0.200. The fourth-order valence-electron chi connectivity index (χ4n) is 2.79. The van der Waals surface area contributed by atoms with Crippen LogP contribution in [0.3, 0.4) is 0 Å². The quantitative estimate of drug-likeness (QED) is 0.301. The van der Waals surface area contributed by atoms with E-state index in [1.165, 1.54) is 6.07 Å². The van der Waals surface area contributed by atoms with Crippen LogP contribution in [0.1, 0.15) is 27.8 Å². The topological polar surface area (TPSA) is 38.3 Å². The molecule has 0 aliphatic carbocycles. The first-order valence-electron chi connectivity index (χ1n) is 8.60. The summed E-state index contributed by atoms with van der Waals surface area (Å²) in [6.07, 6.45) is -8.17. The van der Waals surface area contributed by atoms with E-state index in [1.807, 2.05) is 0 Å². The van der Waals surface area contributed by atoms with Crippen LogP contribution in [0.4, 0.5) is 31.1 Å². The van der Waals surface area contributed by atoms with Crippen LogP contribution in [0.15, 0.2) is 41.3 Å². The number of aryl methyl sites for hydroxylation is 1. The SMILES string of the molecule is Cc1cc(/C=C2\SC(=O)NC2=S)ccc1OCc1ccc(C(F)(F)F)cc1C(F)(F)F. The molecule has 1 aliphatic rings. The van der Waals surface area contributed by atoms with E-state index in [1.54, 1.807) is 25.1 Å². The molecule has 1 saturated heterocycles. The molecule has 0 aromatic heterocycles. The van der Waals surface area contributed by atoms with Gasteiger partial charge in [0.05, 0.1) is 16.0 Å². The van der Waals surface area contributed by atoms with Gasteiger partial charge in [-0.1, -0.05) is 24.4 Å². The molecule has 0 atom stereocenters. The van der Waals surface area contributed by atoms with Crippen molar-refractivity contribution in [3.8, 4) is 5.75 Å². The summed E-state index contributed by atoms with van der Waals surface area (Å²) >= 11 is 5.98. The van der Waals surface area contributed by atoms with Crippen LogP contribution >= 0.6 is 24.0 Å². The molecule has 2 aromatic rings. The molecule has 0 saturated carbocycles. The van der Waals surface area contributed by atoms with Crippen LogP contribution in [0, 0.1) is 6.92 Å². The zero-order valence-electron chi connectivity index (χ0n) is 15.6. The van der Waals surface area contributed by atoms with Crippen molar-refractivity contribution in [1.82, 2.24) is 5.32 Å². The van der Waals surface area contributed by atoms with Gasteiger partial charge in [-0.3, -0.25) is 4.79 Å². The Kier molecular flexibility index (Phi) is 6.38. The van der Waals surface area contributed by atoms with E-state index in [0.29, 0.717) is 27.1 Å². The number of carbonyl (C=O) groups excluding carboxylic acids is 1. The first kappa shape index (κ1) is 23.1. The molecule has 0 unspecified atom stereocenters. The fourth-order valence-corrected chi connectivity index (χ4v) is 3.83. The maximum Gasteiger partial charge on any atom is 0.416 e. The lowest BCUT2D eigenvalue weighted by Gasteiger charge is -2.17. The zero-order valence-corrected chi connectivity index (χ0v) is 17.3. The molecule has 2 aromatic carbocycles. The molecule has 3 rings (SSSR count). The average molecular weight is 477 g/mol. The lowest BCUT2D eigenvalue weighted by atomic mass is 10.0. The molecule has 1 N–H and O–H groups in total. The van der Waals surface area contributed by atoms with Gasteiger partial charge in [-0.2, -0.15) is 26.3 Å². The summed E-state index contributed by atoms with van der Waals surface area (Å²) in [5.41, 5.74) is -1.92. The normalized spacial score (nSPS) is 16.0. The van der Waals surface area contributed by atoms with Crippen LogP contribution in [0.5, 0.6) is 5.75 Å². The number of hydrogen-bond donors (Lipinski definition) is 1. The average Bonchev–Trinajstić information content (AvgIpc) is 2.96. The number of thiocarbonyl (C=S) groups is 1. The molecule has 0 radical (unpaired) electrons. The summed E-state index contributed by atoms with van der Waals surface area (Å²) in [5.74, 6) is 0.269. The number of ether oxygens (including phenoxy) is 1. The van der Waals surface area contributed by atoms with E-state index >= 15 is 0 Å². The van der Waals surface area contributed by atoms with Crippen molar-refractivity contribution in [1.29, 1.82) is 0 Å². The second-order valence-corrected chi connectivity index (χ2v) is 7.96. The highest BCUT2D eigenvalue weighted by atomic mass is 32.2. The third-order valence-corrected chi connectivity index (χ3v) is 5.55. The summed E-state index contributed by atoms with van der Waals surface area (Å²) in [7, 11) is 0. The highest BCUT2D eigenvalue weighted by Crippen LogP contribution is 2.38. The minimum atomic E-state index is -4.96. The van der Waals surface area contributed by atoms with Crippen LogP contribution in [-0.4, -0.2) is 10.2 Å². The number of alkyl halides is 6. The molecule has 1 aliphatic heterocycles. The van der Waals surface area contributed by atoms with Crippen molar-refractivity contribution in [2.75, 3.05) is 0 Å². The van der Waals surface area contributed by atoms with Crippen LogP contribution in [-0.2, 0) is 19.0 Å². The predicted molar refractivity (Wildman–Crippen MR) is 109 cm³/mol. The Balaban J connectivity index is 1.81. The highest BCUT2D eigenvalue weighted by Gasteiger charge is 2.38. The molecule has 1 heterocycles. The standard InChI is InChI=1S/C20H13F6NO2S2/c1-10-6-11(7-16-17(30)27-18(28)31-16)2-5-15(10)29-9-12-3-4-13(19(21,22)23)8-14(12)20(24,25)26/h2-8H,9H2,1H3,(H,27,28,30)/b16-7-. The Hall–Kier alpha value is -2.53. The van der Waals surface area contributed by atoms with E-state index in [0.717, 1.165) is 17.8 Å². The Morgan fingerprint density at radius 3 is 2.32 bits per heavy atom. The van der Waals surface area contributed by atoms with Gasteiger partial charge in [-0.25, -0.2) is 0 Å². The number of amides is 1. The van der Waals surface area contributed by atoms with E-state index < -0.39 is 35.6 Å². The van der Waals surface area contributed by atoms with Crippen molar-refractivity contribution in [2.24, 2.45) is 0 Å². The monoisotopic (exact) mass is 477 g/mol. The largest absolute Gasteiger partial charge is 0.489 e. The van der Waals surface area contributed by atoms with Crippen molar-refractivity contribution in [2.45, 2.75) is 25.9 Å². The van der Waals surface area contributed by atoms with E-state index in [4.69, 9.17) is 17.0 Å². The number of carbonyl (C=O) groups is 1. The van der Waals surface area contributed by atoms with E-state index in [-0.39, 0.29) is 17.1 Å². The maximum atomic E-state index is 13.3. The third-order valence-electron chi connectivity index (χ3n) is 4.26. The Bertz CT molecular complexity index is 1080. The highest BCUT2D eigenvalue weighted by molar-refractivity contribution is 8.19. The lowest BCUT2D eigenvalue weighted by molar-refractivity contribution is -0.143. The lowest BCUT2D eigenvalue weighted by Crippen LogP contribution is -2.15. The number of nitrogens with one attached hydrogen (secondary N) is 1. The molecule has 1 amide bonds. The summed E-state index contributed by atoms with van der Waals surface area (Å²) in [6, 6.07) is 6.27. The van der Waals surface area contributed by atoms with Gasteiger partial charge in [0.1, 0.15) is 17.3 Å². The van der Waals surface area contributed by atoms with Gasteiger partial charge in [-0.05, 0) is 60.2 Å². The molecular formula is C20H13F6NO2S2. The van der Waals surface area contributed by atoms with Crippen molar-refractivity contribution in [3.63, 3.8) is 0 Å². The molecule has 31 heavy (non-hydrogen) atoms. The van der Waals surface area contributed by atoms with Gasteiger partial charge in [0.2, 0.25) is 0 Å². The second-order valence-electron chi connectivity index (χ2n) is 6.53. The minimum Gasteiger partial charge on any atom is -0.489 e. The molecule has 0 bridgehead atoms. The van der Waals surface area contributed by atoms with E-state index in [9.17, 15) is 31.1 Å². The number of hydrogen-bond acceptors (Lipinski definition) is 4. The molecule has 11 heteroatoms. The molecule has 1 fully saturated rings. The predicted octanol–water partition coefficient (Wildman–Crippen LogP) is 6.74. The van der Waals surface area contributed by atoms with Crippen molar-refractivity contribution < 1.29 is 35.9 Å². The third kappa shape index (κ3) is 5.59. The first-order valence-corrected chi connectivity index (χ1v) is 9.82. The van der Waals surface area contributed by atoms with E-state index in [2.05, 4.69) is 5.32 Å². The molecule has 0 spiro atoms. The van der Waals surface area contributed by atoms with Gasteiger partial charge in [-0.15, -0.1) is 0 Å². The van der Waals surface area contributed by atoms with Gasteiger partial charge < -0.3 is 10.1 Å². The Labute approximate surface area is 182 Å². The van der Waals surface area contributed by atoms with Gasteiger partial charge in [0.25, 0.3) is 5.24 Å². The number of benzene rings is 2. The Morgan fingerprint density at radius 2 is 1.77 bits per heavy atom. The van der Waals surface area contributed by atoms with Crippen molar-refractivity contribution >= 4 is 40.3 Å². The van der Waals surface area contributed by atoms with Gasteiger partial charge in [0, 0.05) is 5.56 Å². The van der Waals surface area contributed by atoms with Crippen LogP contribution < -0.4 is 10.1 Å². The summed E-state index contributed by atoms with van der Waals surface area (Å²) in [6.45, 7) is 1.10. The van der Waals surface area contributed by atoms with Crippen molar-refractivity contribution in [3.05, 3.63) is 69.1 Å². The summed E-state index contributed by atoms with van der Waals surface area (Å²) in [5, 5.41) is 2.20. The van der Waals surface area contributed by atoms with Crippen LogP contribution in [0.2, 0.25) is 0 Å². The maximum absolute atomic E-state index is 13.3. The van der Waals surface area contributed by atoms with Crippen LogP contribution in [0.25, 0.3) is 6.08 Å². The molecule has 164 valence electrons. The molecule has 3 nitrogen and oxygen atoms in total. The number of rotatable bonds is 4. The summed E-state index contributed by atoms with van der Waals surface area (Å²) in [4.78, 5) is 12.2. The zero-order chi connectivity index (χ0) is 23.0. The smallest absolute Gasteiger partial charge is 0.416 e. The minimum absolute atomic E-state index is 0.0817. The second kappa shape index (κ2) is 8.54.